The molecule has 0 aliphatic carbocycles. The summed E-state index contributed by atoms with van der Waals surface area (Å²) in [6.07, 6.45) is 0. The van der Waals surface area contributed by atoms with E-state index in [0.717, 1.165) is 5.69 Å². The molecule has 0 aliphatic rings. The second-order valence-electron chi connectivity index (χ2n) is 4.71. The summed E-state index contributed by atoms with van der Waals surface area (Å²) in [7, 11) is 3.84. The molecule has 0 aromatic heterocycles. The van der Waals surface area contributed by atoms with Gasteiger partial charge in [-0.1, -0.05) is 41.4 Å². The molecule has 0 N–H and O–H groups in total. The van der Waals surface area contributed by atoms with Crippen molar-refractivity contribution in [1.82, 2.24) is 0 Å². The van der Waals surface area contributed by atoms with Crippen LogP contribution in [0.1, 0.15) is 10.4 Å². The number of ether oxygens (including phenoxy) is 1. The number of Topliss-reactive ketones (excluding diaryl/α,β-unsaturated/α-hetero) is 1. The Morgan fingerprint density at radius 2 is 1.86 bits per heavy atom. The van der Waals surface area contributed by atoms with Crippen LogP contribution in [0.4, 0.5) is 5.69 Å². The molecule has 0 saturated heterocycles. The summed E-state index contributed by atoms with van der Waals surface area (Å²) >= 11 is 11.9. The molecule has 0 bridgehead atoms. The Labute approximate surface area is 134 Å². The number of ketones is 1. The average molecular weight is 324 g/mol. The summed E-state index contributed by atoms with van der Waals surface area (Å²) in [5.74, 6) is 0.288. The average Bonchev–Trinajstić information content (AvgIpc) is 2.48. The molecular formula is C16H15Cl2NO2. The summed E-state index contributed by atoms with van der Waals surface area (Å²) in [5, 5.41) is 0.713. The van der Waals surface area contributed by atoms with E-state index < -0.39 is 0 Å². The third-order valence-electron chi connectivity index (χ3n) is 2.96. The minimum Gasteiger partial charge on any atom is -0.484 e. The Balaban J connectivity index is 2.08. The molecule has 0 heterocycles. The van der Waals surface area contributed by atoms with Gasteiger partial charge >= 0.3 is 0 Å². The molecule has 0 amide bonds. The highest BCUT2D eigenvalue weighted by atomic mass is 35.5. The van der Waals surface area contributed by atoms with Crippen LogP contribution in [0.5, 0.6) is 5.75 Å². The van der Waals surface area contributed by atoms with Crippen molar-refractivity contribution in [3.05, 3.63) is 58.1 Å². The number of hydrogen-bond acceptors (Lipinski definition) is 3. The van der Waals surface area contributed by atoms with E-state index in [2.05, 4.69) is 0 Å². The number of anilines is 1. The van der Waals surface area contributed by atoms with Crippen molar-refractivity contribution in [2.45, 2.75) is 0 Å². The molecular weight excluding hydrogens is 309 g/mol. The van der Waals surface area contributed by atoms with Gasteiger partial charge in [0, 0.05) is 25.3 Å². The number of carbonyl (C=O) groups is 1. The van der Waals surface area contributed by atoms with E-state index in [0.29, 0.717) is 21.4 Å². The van der Waals surface area contributed by atoms with Crippen molar-refractivity contribution in [2.24, 2.45) is 0 Å². The Kier molecular flexibility index (Phi) is 5.10. The second kappa shape index (κ2) is 6.83. The third kappa shape index (κ3) is 3.90. The van der Waals surface area contributed by atoms with Crippen LogP contribution in [0.3, 0.4) is 0 Å². The largest absolute Gasteiger partial charge is 0.484 e. The van der Waals surface area contributed by atoms with Crippen molar-refractivity contribution < 1.29 is 9.53 Å². The van der Waals surface area contributed by atoms with E-state index in [1.54, 1.807) is 24.3 Å². The van der Waals surface area contributed by atoms with Crippen molar-refractivity contribution in [3.8, 4) is 5.75 Å². The highest BCUT2D eigenvalue weighted by molar-refractivity contribution is 6.42. The summed E-state index contributed by atoms with van der Waals surface area (Å²) in [5.41, 5.74) is 1.56. The minimum absolute atomic E-state index is 0.0864. The quantitative estimate of drug-likeness (QED) is 0.767. The van der Waals surface area contributed by atoms with Gasteiger partial charge in [-0.25, -0.2) is 0 Å². The fourth-order valence-electron chi connectivity index (χ4n) is 1.78. The Bertz CT molecular complexity index is 656. The number of halogens is 2. The number of nitrogens with zero attached hydrogens (tertiary/aromatic N) is 1. The maximum atomic E-state index is 12.2. The van der Waals surface area contributed by atoms with Crippen molar-refractivity contribution in [1.29, 1.82) is 0 Å². The lowest BCUT2D eigenvalue weighted by Gasteiger charge is -2.13. The lowest BCUT2D eigenvalue weighted by atomic mass is 10.1. The van der Waals surface area contributed by atoms with Gasteiger partial charge in [0.15, 0.2) is 12.4 Å². The van der Waals surface area contributed by atoms with Crippen LogP contribution in [0, 0.1) is 0 Å². The normalized spacial score (nSPS) is 10.3. The first-order chi connectivity index (χ1) is 9.99. The van der Waals surface area contributed by atoms with E-state index in [-0.39, 0.29) is 12.4 Å². The van der Waals surface area contributed by atoms with Crippen molar-refractivity contribution >= 4 is 34.7 Å². The van der Waals surface area contributed by atoms with Gasteiger partial charge in [-0.05, 0) is 24.3 Å². The first-order valence-corrected chi connectivity index (χ1v) is 7.12. The van der Waals surface area contributed by atoms with E-state index >= 15 is 0 Å². The number of rotatable bonds is 5. The summed E-state index contributed by atoms with van der Waals surface area (Å²) in [6.45, 7) is -0.0864. The molecule has 5 heteroatoms. The maximum Gasteiger partial charge on any atom is 0.200 e. The van der Waals surface area contributed by atoms with Gasteiger partial charge in [0.1, 0.15) is 10.8 Å². The van der Waals surface area contributed by atoms with E-state index in [1.165, 1.54) is 0 Å². The van der Waals surface area contributed by atoms with Crippen LogP contribution in [0.25, 0.3) is 0 Å². The molecule has 0 unspecified atom stereocenters. The molecule has 2 rings (SSSR count). The van der Waals surface area contributed by atoms with Crippen LogP contribution in [-0.2, 0) is 0 Å². The maximum absolute atomic E-state index is 12.2. The molecule has 0 fully saturated rings. The fraction of sp³-hybridized carbons (Fsp3) is 0.188. The van der Waals surface area contributed by atoms with Gasteiger partial charge in [0.05, 0.1) is 5.02 Å². The molecule has 2 aromatic carbocycles. The lowest BCUT2D eigenvalue weighted by molar-refractivity contribution is 0.0921. The van der Waals surface area contributed by atoms with Crippen LogP contribution in [0.15, 0.2) is 42.5 Å². The minimum atomic E-state index is -0.116. The van der Waals surface area contributed by atoms with Gasteiger partial charge in [0.25, 0.3) is 0 Å². The topological polar surface area (TPSA) is 29.5 Å². The Hall–Kier alpha value is -1.71. The predicted molar refractivity (Wildman–Crippen MR) is 87.1 cm³/mol. The first-order valence-electron chi connectivity index (χ1n) is 6.36. The van der Waals surface area contributed by atoms with E-state index in [9.17, 15) is 4.79 Å². The van der Waals surface area contributed by atoms with E-state index in [1.807, 2.05) is 37.2 Å². The molecule has 0 atom stereocenters. The van der Waals surface area contributed by atoms with Gasteiger partial charge in [-0.15, -0.1) is 0 Å². The van der Waals surface area contributed by atoms with Crippen LogP contribution < -0.4 is 9.64 Å². The number of benzene rings is 2. The van der Waals surface area contributed by atoms with E-state index in [4.69, 9.17) is 27.9 Å². The van der Waals surface area contributed by atoms with Crippen molar-refractivity contribution in [2.75, 3.05) is 25.6 Å². The monoisotopic (exact) mass is 323 g/mol. The molecule has 0 radical (unpaired) electrons. The molecule has 0 saturated carbocycles. The molecule has 0 spiro atoms. The molecule has 2 aromatic rings. The SMILES string of the molecule is CN(C)c1cccc(C(=O)COc2cccc(Cl)c2Cl)c1. The van der Waals surface area contributed by atoms with Gasteiger partial charge < -0.3 is 9.64 Å². The van der Waals surface area contributed by atoms with Crippen molar-refractivity contribution in [3.63, 3.8) is 0 Å². The summed E-state index contributed by atoms with van der Waals surface area (Å²) < 4.78 is 5.45. The lowest BCUT2D eigenvalue weighted by Crippen LogP contribution is -2.14. The van der Waals surface area contributed by atoms with Crippen LogP contribution >= 0.6 is 23.2 Å². The molecule has 0 aliphatic heterocycles. The Morgan fingerprint density at radius 3 is 2.57 bits per heavy atom. The second-order valence-corrected chi connectivity index (χ2v) is 5.49. The highest BCUT2D eigenvalue weighted by Crippen LogP contribution is 2.31. The zero-order valence-electron chi connectivity index (χ0n) is 11.8. The summed E-state index contributed by atoms with van der Waals surface area (Å²) in [6, 6.07) is 12.4. The molecule has 110 valence electrons. The summed E-state index contributed by atoms with van der Waals surface area (Å²) in [4.78, 5) is 14.1. The predicted octanol–water partition coefficient (Wildman–Crippen LogP) is 4.32. The highest BCUT2D eigenvalue weighted by Gasteiger charge is 2.11. The third-order valence-corrected chi connectivity index (χ3v) is 3.76. The van der Waals surface area contributed by atoms with Crippen LogP contribution in [-0.4, -0.2) is 26.5 Å². The van der Waals surface area contributed by atoms with Gasteiger partial charge in [0.2, 0.25) is 0 Å². The van der Waals surface area contributed by atoms with Gasteiger partial charge in [-0.3, -0.25) is 4.79 Å². The van der Waals surface area contributed by atoms with Crippen LogP contribution in [0.2, 0.25) is 10.0 Å². The fourth-order valence-corrected chi connectivity index (χ4v) is 2.13. The smallest absolute Gasteiger partial charge is 0.200 e. The molecule has 21 heavy (non-hydrogen) atoms. The first kappa shape index (κ1) is 15.7. The van der Waals surface area contributed by atoms with Gasteiger partial charge in [-0.2, -0.15) is 0 Å². The standard InChI is InChI=1S/C16H15Cl2NO2/c1-19(2)12-6-3-5-11(9-12)14(20)10-21-15-8-4-7-13(17)16(15)18/h3-9H,10H2,1-2H3. The number of carbonyl (C=O) groups excluding carboxylic acids is 1. The zero-order valence-corrected chi connectivity index (χ0v) is 13.3. The molecule has 3 nitrogen and oxygen atoms in total. The number of hydrogen-bond donors (Lipinski definition) is 0. The Morgan fingerprint density at radius 1 is 1.14 bits per heavy atom. The zero-order chi connectivity index (χ0) is 15.4.